The Bertz CT molecular complexity index is 355. The van der Waals surface area contributed by atoms with Gasteiger partial charge in [0.1, 0.15) is 0 Å². The summed E-state index contributed by atoms with van der Waals surface area (Å²) in [5, 5.41) is 8.59. The standard InChI is InChI=1S/C13H16O/c1-11-7-8-12(2)13(10-11)6-4-3-5-9-14/h7-8,10,14H,3,5,9H2,1-2H3. The van der Waals surface area contributed by atoms with Gasteiger partial charge in [0.15, 0.2) is 0 Å². The van der Waals surface area contributed by atoms with Gasteiger partial charge in [0, 0.05) is 18.6 Å². The molecule has 0 radical (unpaired) electrons. The van der Waals surface area contributed by atoms with Gasteiger partial charge in [0.25, 0.3) is 0 Å². The van der Waals surface area contributed by atoms with E-state index in [9.17, 15) is 0 Å². The summed E-state index contributed by atoms with van der Waals surface area (Å²) in [4.78, 5) is 0. The molecule has 14 heavy (non-hydrogen) atoms. The van der Waals surface area contributed by atoms with Crippen molar-refractivity contribution < 1.29 is 5.11 Å². The second-order valence-corrected chi connectivity index (χ2v) is 3.45. The fourth-order valence-corrected chi connectivity index (χ4v) is 1.20. The Kier molecular flexibility index (Phi) is 4.22. The SMILES string of the molecule is Cc1ccc(C)c(C#CCCCO)c1. The second-order valence-electron chi connectivity index (χ2n) is 3.45. The molecule has 0 unspecified atom stereocenters. The summed E-state index contributed by atoms with van der Waals surface area (Å²) in [6.45, 7) is 4.36. The smallest absolute Gasteiger partial charge is 0.0440 e. The average Bonchev–Trinajstić information content (AvgIpc) is 2.18. The van der Waals surface area contributed by atoms with E-state index in [1.807, 2.05) is 0 Å². The van der Waals surface area contributed by atoms with Gasteiger partial charge >= 0.3 is 0 Å². The maximum Gasteiger partial charge on any atom is 0.0440 e. The lowest BCUT2D eigenvalue weighted by molar-refractivity contribution is 0.290. The van der Waals surface area contributed by atoms with E-state index < -0.39 is 0 Å². The van der Waals surface area contributed by atoms with Crippen molar-refractivity contribution in [1.29, 1.82) is 0 Å². The zero-order valence-electron chi connectivity index (χ0n) is 8.80. The summed E-state index contributed by atoms with van der Waals surface area (Å²) < 4.78 is 0. The van der Waals surface area contributed by atoms with Gasteiger partial charge in [-0.3, -0.25) is 0 Å². The average molecular weight is 188 g/mol. The largest absolute Gasteiger partial charge is 0.396 e. The summed E-state index contributed by atoms with van der Waals surface area (Å²) in [5.41, 5.74) is 3.55. The van der Waals surface area contributed by atoms with Crippen LogP contribution in [0.5, 0.6) is 0 Å². The van der Waals surface area contributed by atoms with Crippen LogP contribution in [0.1, 0.15) is 29.5 Å². The van der Waals surface area contributed by atoms with E-state index in [1.54, 1.807) is 0 Å². The Morgan fingerprint density at radius 1 is 1.29 bits per heavy atom. The van der Waals surface area contributed by atoms with Crippen molar-refractivity contribution in [1.82, 2.24) is 0 Å². The minimum Gasteiger partial charge on any atom is -0.396 e. The Hall–Kier alpha value is -1.26. The molecule has 0 aliphatic carbocycles. The molecule has 0 bridgehead atoms. The number of rotatable bonds is 2. The van der Waals surface area contributed by atoms with Crippen LogP contribution < -0.4 is 0 Å². The van der Waals surface area contributed by atoms with Crippen molar-refractivity contribution in [2.75, 3.05) is 6.61 Å². The predicted octanol–water partition coefficient (Wildman–Crippen LogP) is 2.43. The molecule has 0 fully saturated rings. The highest BCUT2D eigenvalue weighted by Gasteiger charge is 1.93. The molecule has 0 aliphatic rings. The van der Waals surface area contributed by atoms with Crippen LogP contribution >= 0.6 is 0 Å². The van der Waals surface area contributed by atoms with Gasteiger partial charge in [-0.05, 0) is 37.5 Å². The number of hydrogen-bond donors (Lipinski definition) is 1. The molecule has 0 spiro atoms. The van der Waals surface area contributed by atoms with Crippen molar-refractivity contribution in [3.63, 3.8) is 0 Å². The van der Waals surface area contributed by atoms with E-state index in [0.717, 1.165) is 18.4 Å². The first-order valence-electron chi connectivity index (χ1n) is 4.91. The van der Waals surface area contributed by atoms with E-state index in [0.29, 0.717) is 0 Å². The third-order valence-corrected chi connectivity index (χ3v) is 2.08. The summed E-state index contributed by atoms with van der Waals surface area (Å²) in [7, 11) is 0. The molecule has 0 saturated heterocycles. The van der Waals surface area contributed by atoms with Crippen molar-refractivity contribution in [3.8, 4) is 11.8 Å². The number of hydrogen-bond acceptors (Lipinski definition) is 1. The normalized spacial score (nSPS) is 9.36. The van der Waals surface area contributed by atoms with Crippen LogP contribution in [0.3, 0.4) is 0 Å². The third kappa shape index (κ3) is 3.24. The van der Waals surface area contributed by atoms with E-state index >= 15 is 0 Å². The molecule has 1 heteroatoms. The molecule has 0 heterocycles. The molecule has 0 atom stereocenters. The fourth-order valence-electron chi connectivity index (χ4n) is 1.20. The highest BCUT2D eigenvalue weighted by molar-refractivity contribution is 5.42. The Morgan fingerprint density at radius 3 is 2.79 bits per heavy atom. The number of benzene rings is 1. The van der Waals surface area contributed by atoms with Crippen LogP contribution in [0.4, 0.5) is 0 Å². The monoisotopic (exact) mass is 188 g/mol. The van der Waals surface area contributed by atoms with Crippen LogP contribution in [0.15, 0.2) is 18.2 Å². The molecule has 74 valence electrons. The molecule has 0 amide bonds. The van der Waals surface area contributed by atoms with Gasteiger partial charge in [-0.25, -0.2) is 0 Å². The summed E-state index contributed by atoms with van der Waals surface area (Å²) >= 11 is 0. The second kappa shape index (κ2) is 5.47. The molecule has 1 aromatic carbocycles. The Labute approximate surface area is 85.8 Å². The highest BCUT2D eigenvalue weighted by Crippen LogP contribution is 2.08. The van der Waals surface area contributed by atoms with Crippen LogP contribution in [0.25, 0.3) is 0 Å². The Balaban J connectivity index is 2.73. The van der Waals surface area contributed by atoms with Crippen molar-refractivity contribution in [2.24, 2.45) is 0 Å². The third-order valence-electron chi connectivity index (χ3n) is 2.08. The summed E-state index contributed by atoms with van der Waals surface area (Å²) in [5.74, 6) is 6.19. The van der Waals surface area contributed by atoms with Gasteiger partial charge in [-0.2, -0.15) is 0 Å². The maximum absolute atomic E-state index is 8.59. The zero-order valence-corrected chi connectivity index (χ0v) is 8.80. The minimum absolute atomic E-state index is 0.224. The fraction of sp³-hybridized carbons (Fsp3) is 0.385. The summed E-state index contributed by atoms with van der Waals surface area (Å²) in [6, 6.07) is 6.28. The number of aliphatic hydroxyl groups is 1. The number of aryl methyl sites for hydroxylation is 2. The van der Waals surface area contributed by atoms with E-state index in [4.69, 9.17) is 5.11 Å². The van der Waals surface area contributed by atoms with Crippen molar-refractivity contribution >= 4 is 0 Å². The van der Waals surface area contributed by atoms with Crippen LogP contribution in [0, 0.1) is 25.7 Å². The lowest BCUT2D eigenvalue weighted by Gasteiger charge is -1.98. The quantitative estimate of drug-likeness (QED) is 0.558. The predicted molar refractivity (Wildman–Crippen MR) is 59.1 cm³/mol. The molecule has 1 nitrogen and oxygen atoms in total. The number of aliphatic hydroxyl groups excluding tert-OH is 1. The molecule has 0 aromatic heterocycles. The first-order chi connectivity index (χ1) is 6.74. The first-order valence-corrected chi connectivity index (χ1v) is 4.91. The van der Waals surface area contributed by atoms with E-state index in [-0.39, 0.29) is 6.61 Å². The molecule has 0 aliphatic heterocycles. The minimum atomic E-state index is 0.224. The molecular formula is C13H16O. The van der Waals surface area contributed by atoms with Gasteiger partial charge in [0.05, 0.1) is 0 Å². The van der Waals surface area contributed by atoms with E-state index in [2.05, 4.69) is 43.9 Å². The molecular weight excluding hydrogens is 172 g/mol. The summed E-state index contributed by atoms with van der Waals surface area (Å²) in [6.07, 6.45) is 1.53. The zero-order chi connectivity index (χ0) is 10.4. The Morgan fingerprint density at radius 2 is 2.07 bits per heavy atom. The van der Waals surface area contributed by atoms with Gasteiger partial charge in [-0.1, -0.05) is 24.0 Å². The first kappa shape index (κ1) is 10.8. The lowest BCUT2D eigenvalue weighted by Crippen LogP contribution is -1.84. The van der Waals surface area contributed by atoms with Crippen molar-refractivity contribution in [2.45, 2.75) is 26.7 Å². The lowest BCUT2D eigenvalue weighted by atomic mass is 10.1. The van der Waals surface area contributed by atoms with Crippen LogP contribution in [-0.4, -0.2) is 11.7 Å². The topological polar surface area (TPSA) is 20.2 Å². The highest BCUT2D eigenvalue weighted by atomic mass is 16.2. The maximum atomic E-state index is 8.59. The molecule has 1 aromatic rings. The number of unbranched alkanes of at least 4 members (excludes halogenated alkanes) is 1. The van der Waals surface area contributed by atoms with E-state index in [1.165, 1.54) is 11.1 Å². The van der Waals surface area contributed by atoms with Crippen LogP contribution in [0.2, 0.25) is 0 Å². The van der Waals surface area contributed by atoms with Gasteiger partial charge in [0.2, 0.25) is 0 Å². The van der Waals surface area contributed by atoms with Crippen molar-refractivity contribution in [3.05, 3.63) is 34.9 Å². The molecule has 1 N–H and O–H groups in total. The van der Waals surface area contributed by atoms with Crippen LogP contribution in [-0.2, 0) is 0 Å². The van der Waals surface area contributed by atoms with Gasteiger partial charge < -0.3 is 5.11 Å². The molecule has 0 saturated carbocycles. The molecule has 1 rings (SSSR count). The van der Waals surface area contributed by atoms with Gasteiger partial charge in [-0.15, -0.1) is 0 Å².